The SMILES string of the molecule is CC1CCC(NC2CCCN(C(=O)OC(C)(C)C)CC2)C(C)C1. The fraction of sp³-hybridized carbons (Fsp3) is 0.947. The first kappa shape index (κ1) is 18.6. The number of hydrogen-bond acceptors (Lipinski definition) is 3. The van der Waals surface area contributed by atoms with Crippen LogP contribution < -0.4 is 5.32 Å². The standard InChI is InChI=1S/C19H36N2O2/c1-14-8-9-17(15(2)13-14)20-16-7-6-11-21(12-10-16)18(22)23-19(3,4)5/h14-17,20H,6-13H2,1-5H3. The molecule has 0 aromatic carbocycles. The van der Waals surface area contributed by atoms with Crippen LogP contribution >= 0.6 is 0 Å². The largest absolute Gasteiger partial charge is 0.444 e. The van der Waals surface area contributed by atoms with Crippen molar-refractivity contribution in [2.24, 2.45) is 11.8 Å². The molecule has 4 unspecified atom stereocenters. The lowest BCUT2D eigenvalue weighted by atomic mass is 9.79. The van der Waals surface area contributed by atoms with Crippen LogP contribution in [-0.4, -0.2) is 41.8 Å². The lowest BCUT2D eigenvalue weighted by Gasteiger charge is -2.36. The molecule has 1 aliphatic heterocycles. The van der Waals surface area contributed by atoms with Crippen LogP contribution in [0, 0.1) is 11.8 Å². The fourth-order valence-corrected chi connectivity index (χ4v) is 3.99. The van der Waals surface area contributed by atoms with E-state index in [1.807, 2.05) is 25.7 Å². The molecule has 1 aliphatic carbocycles. The zero-order chi connectivity index (χ0) is 17.0. The monoisotopic (exact) mass is 324 g/mol. The molecule has 0 radical (unpaired) electrons. The number of amides is 1. The first-order chi connectivity index (χ1) is 10.7. The maximum atomic E-state index is 12.2. The molecule has 1 amide bonds. The summed E-state index contributed by atoms with van der Waals surface area (Å²) >= 11 is 0. The molecule has 4 atom stereocenters. The van der Waals surface area contributed by atoms with Crippen molar-refractivity contribution in [1.82, 2.24) is 10.2 Å². The number of nitrogens with one attached hydrogen (secondary N) is 1. The van der Waals surface area contributed by atoms with Gasteiger partial charge in [0.2, 0.25) is 0 Å². The van der Waals surface area contributed by atoms with Gasteiger partial charge in [-0.15, -0.1) is 0 Å². The molecule has 2 rings (SSSR count). The fourth-order valence-electron chi connectivity index (χ4n) is 3.99. The Morgan fingerprint density at radius 2 is 1.83 bits per heavy atom. The third kappa shape index (κ3) is 5.98. The third-order valence-corrected chi connectivity index (χ3v) is 5.26. The molecular formula is C19H36N2O2. The van der Waals surface area contributed by atoms with Crippen molar-refractivity contribution in [3.05, 3.63) is 0 Å². The summed E-state index contributed by atoms with van der Waals surface area (Å²) in [5.41, 5.74) is -0.407. The van der Waals surface area contributed by atoms with Crippen LogP contribution in [0.25, 0.3) is 0 Å². The van der Waals surface area contributed by atoms with Crippen molar-refractivity contribution >= 4 is 6.09 Å². The molecule has 0 bridgehead atoms. The van der Waals surface area contributed by atoms with E-state index >= 15 is 0 Å². The Labute approximate surface area is 142 Å². The first-order valence-electron chi connectivity index (χ1n) is 9.48. The van der Waals surface area contributed by atoms with Crippen LogP contribution in [-0.2, 0) is 4.74 Å². The second kappa shape index (κ2) is 7.87. The predicted molar refractivity (Wildman–Crippen MR) is 94.5 cm³/mol. The van der Waals surface area contributed by atoms with E-state index in [2.05, 4.69) is 19.2 Å². The summed E-state index contributed by atoms with van der Waals surface area (Å²) in [5.74, 6) is 1.64. The van der Waals surface area contributed by atoms with Crippen LogP contribution in [0.3, 0.4) is 0 Å². The molecule has 134 valence electrons. The second-order valence-electron chi connectivity index (χ2n) is 8.76. The Balaban J connectivity index is 1.80. The Kier molecular flexibility index (Phi) is 6.35. The molecule has 1 heterocycles. The van der Waals surface area contributed by atoms with Gasteiger partial charge in [-0.1, -0.05) is 13.8 Å². The number of carbonyl (C=O) groups is 1. The van der Waals surface area contributed by atoms with Crippen molar-refractivity contribution in [1.29, 1.82) is 0 Å². The number of nitrogens with zero attached hydrogens (tertiary/aromatic N) is 1. The van der Waals surface area contributed by atoms with Crippen molar-refractivity contribution in [2.45, 2.75) is 90.8 Å². The lowest BCUT2D eigenvalue weighted by Crippen LogP contribution is -2.45. The number of ether oxygens (including phenoxy) is 1. The minimum Gasteiger partial charge on any atom is -0.444 e. The second-order valence-corrected chi connectivity index (χ2v) is 8.76. The summed E-state index contributed by atoms with van der Waals surface area (Å²) in [7, 11) is 0. The van der Waals surface area contributed by atoms with Crippen LogP contribution in [0.4, 0.5) is 4.79 Å². The van der Waals surface area contributed by atoms with E-state index in [0.717, 1.165) is 44.2 Å². The topological polar surface area (TPSA) is 41.6 Å². The van der Waals surface area contributed by atoms with E-state index in [4.69, 9.17) is 4.74 Å². The molecule has 0 spiro atoms. The number of carbonyl (C=O) groups excluding carboxylic acids is 1. The van der Waals surface area contributed by atoms with Crippen molar-refractivity contribution < 1.29 is 9.53 Å². The molecule has 1 saturated carbocycles. The highest BCUT2D eigenvalue weighted by Crippen LogP contribution is 2.29. The van der Waals surface area contributed by atoms with E-state index in [1.54, 1.807) is 0 Å². The highest BCUT2D eigenvalue weighted by Gasteiger charge is 2.29. The normalized spacial score (nSPS) is 33.2. The van der Waals surface area contributed by atoms with Gasteiger partial charge in [0.1, 0.15) is 5.60 Å². The zero-order valence-corrected chi connectivity index (χ0v) is 15.7. The van der Waals surface area contributed by atoms with Gasteiger partial charge in [-0.25, -0.2) is 4.79 Å². The molecule has 2 fully saturated rings. The molecule has 23 heavy (non-hydrogen) atoms. The van der Waals surface area contributed by atoms with Crippen LogP contribution in [0.1, 0.15) is 73.1 Å². The smallest absolute Gasteiger partial charge is 0.410 e. The summed E-state index contributed by atoms with van der Waals surface area (Å²) in [6.07, 6.45) is 7.10. The van der Waals surface area contributed by atoms with Crippen LogP contribution in [0.15, 0.2) is 0 Å². The quantitative estimate of drug-likeness (QED) is 0.828. The minimum atomic E-state index is -0.407. The van der Waals surface area contributed by atoms with Crippen molar-refractivity contribution in [3.63, 3.8) is 0 Å². The Bertz CT molecular complexity index is 391. The number of rotatable bonds is 2. The average molecular weight is 325 g/mol. The lowest BCUT2D eigenvalue weighted by molar-refractivity contribution is 0.0255. The van der Waals surface area contributed by atoms with E-state index in [0.29, 0.717) is 12.1 Å². The van der Waals surface area contributed by atoms with E-state index in [9.17, 15) is 4.79 Å². The molecule has 4 heteroatoms. The van der Waals surface area contributed by atoms with E-state index < -0.39 is 5.60 Å². The van der Waals surface area contributed by atoms with Crippen molar-refractivity contribution in [3.8, 4) is 0 Å². The maximum Gasteiger partial charge on any atom is 0.410 e. The summed E-state index contributed by atoms with van der Waals surface area (Å²) in [5, 5.41) is 3.90. The van der Waals surface area contributed by atoms with Gasteiger partial charge in [0.05, 0.1) is 0 Å². The Morgan fingerprint density at radius 1 is 1.09 bits per heavy atom. The number of hydrogen-bond donors (Lipinski definition) is 1. The van der Waals surface area contributed by atoms with Gasteiger partial charge in [-0.3, -0.25) is 0 Å². The summed E-state index contributed by atoms with van der Waals surface area (Å²) < 4.78 is 5.51. The molecule has 1 N–H and O–H groups in total. The summed E-state index contributed by atoms with van der Waals surface area (Å²) in [4.78, 5) is 14.1. The Hall–Kier alpha value is -0.770. The number of likely N-dealkylation sites (tertiary alicyclic amines) is 1. The van der Waals surface area contributed by atoms with Gasteiger partial charge in [0.25, 0.3) is 0 Å². The van der Waals surface area contributed by atoms with Crippen LogP contribution in [0.5, 0.6) is 0 Å². The Morgan fingerprint density at radius 3 is 2.48 bits per heavy atom. The van der Waals surface area contributed by atoms with Gasteiger partial charge in [-0.05, 0) is 71.1 Å². The predicted octanol–water partition coefficient (Wildman–Crippen LogP) is 4.19. The molecular weight excluding hydrogens is 288 g/mol. The first-order valence-corrected chi connectivity index (χ1v) is 9.48. The van der Waals surface area contributed by atoms with Gasteiger partial charge in [0, 0.05) is 25.2 Å². The van der Waals surface area contributed by atoms with E-state index in [-0.39, 0.29) is 6.09 Å². The van der Waals surface area contributed by atoms with Crippen molar-refractivity contribution in [2.75, 3.05) is 13.1 Å². The van der Waals surface area contributed by atoms with E-state index in [1.165, 1.54) is 19.3 Å². The third-order valence-electron chi connectivity index (χ3n) is 5.26. The zero-order valence-electron chi connectivity index (χ0n) is 15.7. The van der Waals surface area contributed by atoms with Crippen LogP contribution in [0.2, 0.25) is 0 Å². The highest BCUT2D eigenvalue weighted by molar-refractivity contribution is 5.68. The maximum absolute atomic E-state index is 12.2. The van der Waals surface area contributed by atoms with Gasteiger partial charge in [-0.2, -0.15) is 0 Å². The summed E-state index contributed by atoms with van der Waals surface area (Å²) in [6, 6.07) is 1.20. The minimum absolute atomic E-state index is 0.155. The van der Waals surface area contributed by atoms with Gasteiger partial charge in [0.15, 0.2) is 0 Å². The molecule has 4 nitrogen and oxygen atoms in total. The molecule has 0 aromatic rings. The molecule has 0 aromatic heterocycles. The highest BCUT2D eigenvalue weighted by atomic mass is 16.6. The van der Waals surface area contributed by atoms with Gasteiger partial charge >= 0.3 is 6.09 Å². The molecule has 2 aliphatic rings. The van der Waals surface area contributed by atoms with Gasteiger partial charge < -0.3 is 15.0 Å². The average Bonchev–Trinajstić information content (AvgIpc) is 2.66. The summed E-state index contributed by atoms with van der Waals surface area (Å²) in [6.45, 7) is 12.2. The molecule has 1 saturated heterocycles.